The van der Waals surface area contributed by atoms with Gasteiger partial charge in [-0.15, -0.1) is 0 Å². The topological polar surface area (TPSA) is 37.3 Å². The molecule has 0 aliphatic heterocycles. The molecule has 0 unspecified atom stereocenters. The Kier molecular flexibility index (Phi) is 26.0. The minimum absolute atomic E-state index is 0.0819. The summed E-state index contributed by atoms with van der Waals surface area (Å²) in [6.45, 7) is 12.1. The summed E-state index contributed by atoms with van der Waals surface area (Å²) in [4.78, 5) is 11.3. The van der Waals surface area contributed by atoms with Gasteiger partial charge in [0.15, 0.2) is 5.78 Å². The number of ketones is 1. The van der Waals surface area contributed by atoms with Gasteiger partial charge >= 0.3 is 0 Å². The molecule has 0 amide bonds. The average Bonchev–Trinajstić information content (AvgIpc) is 2.51. The Labute approximate surface area is 113 Å². The molecule has 1 N–H and O–H groups in total. The summed E-state index contributed by atoms with van der Waals surface area (Å²) in [7, 11) is 0. The van der Waals surface area contributed by atoms with Gasteiger partial charge in [-0.25, -0.2) is 0 Å². The highest BCUT2D eigenvalue weighted by Crippen LogP contribution is 2.03. The van der Waals surface area contributed by atoms with Crippen LogP contribution in [0.1, 0.15) is 64.7 Å². The fourth-order valence-electron chi connectivity index (χ4n) is 1.01. The van der Waals surface area contributed by atoms with Crippen LogP contribution < -0.4 is 0 Å². The fourth-order valence-corrected chi connectivity index (χ4v) is 1.01. The lowest BCUT2D eigenvalue weighted by Crippen LogP contribution is -1.99. The van der Waals surface area contributed by atoms with Gasteiger partial charge in [-0.1, -0.05) is 71.9 Å². The lowest BCUT2D eigenvalue weighted by molar-refractivity contribution is 0.0971. The Hall–Kier alpha value is -1.15. The van der Waals surface area contributed by atoms with Crippen LogP contribution in [0.5, 0.6) is 0 Å². The molecule has 1 aromatic rings. The van der Waals surface area contributed by atoms with Crippen molar-refractivity contribution in [2.24, 2.45) is 0 Å². The van der Waals surface area contributed by atoms with Crippen molar-refractivity contribution in [2.45, 2.75) is 54.4 Å². The molecular formula is C16H30O2. The Morgan fingerprint density at radius 2 is 1.39 bits per heavy atom. The Morgan fingerprint density at radius 3 is 1.78 bits per heavy atom. The fraction of sp³-hybridized carbons (Fsp3) is 0.562. The standard InChI is InChI=1S/C10H12O2.3C2H6/c11-8-4-7-10(12)9-5-2-1-3-6-9;3*1-2/h1-3,5-6,11H,4,7-8H2;3*1-2H3. The number of benzene rings is 1. The normalized spacial score (nSPS) is 7.50. The number of carbonyl (C=O) groups excluding carboxylic acids is 1. The van der Waals surface area contributed by atoms with E-state index in [4.69, 9.17) is 5.11 Å². The molecule has 1 aromatic carbocycles. The van der Waals surface area contributed by atoms with Crippen LogP contribution in [0.25, 0.3) is 0 Å². The van der Waals surface area contributed by atoms with Crippen molar-refractivity contribution < 1.29 is 9.90 Å². The van der Waals surface area contributed by atoms with Gasteiger partial charge in [-0.2, -0.15) is 0 Å². The third-order valence-electron chi connectivity index (χ3n) is 1.66. The Bertz CT molecular complexity index is 243. The van der Waals surface area contributed by atoms with Crippen molar-refractivity contribution in [1.29, 1.82) is 0 Å². The number of rotatable bonds is 4. The summed E-state index contributed by atoms with van der Waals surface area (Å²) in [6, 6.07) is 9.14. The van der Waals surface area contributed by atoms with Crippen LogP contribution in [0, 0.1) is 0 Å². The molecule has 0 heterocycles. The number of hydrogen-bond acceptors (Lipinski definition) is 2. The predicted octanol–water partition coefficient (Wildman–Crippen LogP) is 4.72. The van der Waals surface area contributed by atoms with Crippen molar-refractivity contribution in [3.63, 3.8) is 0 Å². The third-order valence-corrected chi connectivity index (χ3v) is 1.66. The Morgan fingerprint density at radius 1 is 0.944 bits per heavy atom. The molecule has 0 aliphatic carbocycles. The maximum atomic E-state index is 11.3. The van der Waals surface area contributed by atoms with Crippen LogP contribution in [-0.2, 0) is 0 Å². The first-order valence-electron chi connectivity index (χ1n) is 7.03. The third kappa shape index (κ3) is 12.9. The van der Waals surface area contributed by atoms with Crippen molar-refractivity contribution in [2.75, 3.05) is 6.61 Å². The summed E-state index contributed by atoms with van der Waals surface area (Å²) in [5.41, 5.74) is 0.728. The first kappa shape index (κ1) is 22.1. The largest absolute Gasteiger partial charge is 0.396 e. The molecule has 18 heavy (non-hydrogen) atoms. The summed E-state index contributed by atoms with van der Waals surface area (Å²) in [5.74, 6) is 0.102. The quantitative estimate of drug-likeness (QED) is 0.789. The lowest BCUT2D eigenvalue weighted by Gasteiger charge is -1.97. The minimum Gasteiger partial charge on any atom is -0.396 e. The molecule has 0 aliphatic rings. The number of aliphatic hydroxyl groups excluding tert-OH is 1. The van der Waals surface area contributed by atoms with Crippen LogP contribution in [0.15, 0.2) is 30.3 Å². The van der Waals surface area contributed by atoms with E-state index in [1.165, 1.54) is 0 Å². The number of carbonyl (C=O) groups is 1. The molecule has 0 saturated carbocycles. The van der Waals surface area contributed by atoms with Gasteiger partial charge in [0.05, 0.1) is 0 Å². The highest BCUT2D eigenvalue weighted by molar-refractivity contribution is 5.95. The summed E-state index contributed by atoms with van der Waals surface area (Å²) < 4.78 is 0. The van der Waals surface area contributed by atoms with E-state index in [1.807, 2.05) is 59.7 Å². The molecule has 0 saturated heterocycles. The van der Waals surface area contributed by atoms with Crippen LogP contribution in [0.3, 0.4) is 0 Å². The van der Waals surface area contributed by atoms with E-state index in [2.05, 4.69) is 0 Å². The zero-order chi connectivity index (χ0) is 14.8. The zero-order valence-electron chi connectivity index (χ0n) is 12.9. The van der Waals surface area contributed by atoms with E-state index >= 15 is 0 Å². The van der Waals surface area contributed by atoms with E-state index in [-0.39, 0.29) is 12.4 Å². The van der Waals surface area contributed by atoms with Crippen molar-refractivity contribution in [3.05, 3.63) is 35.9 Å². The second kappa shape index (κ2) is 21.2. The molecule has 0 bridgehead atoms. The Balaban J connectivity index is -0.000000328. The summed E-state index contributed by atoms with van der Waals surface area (Å²) in [5, 5.41) is 8.51. The van der Waals surface area contributed by atoms with Crippen LogP contribution in [0.2, 0.25) is 0 Å². The van der Waals surface area contributed by atoms with E-state index in [0.29, 0.717) is 12.8 Å². The van der Waals surface area contributed by atoms with Gasteiger partial charge in [0, 0.05) is 18.6 Å². The molecule has 0 atom stereocenters. The molecule has 0 fully saturated rings. The van der Waals surface area contributed by atoms with Crippen molar-refractivity contribution in [3.8, 4) is 0 Å². The van der Waals surface area contributed by atoms with E-state index < -0.39 is 0 Å². The molecule has 106 valence electrons. The van der Waals surface area contributed by atoms with E-state index in [9.17, 15) is 4.79 Å². The molecule has 1 rings (SSSR count). The van der Waals surface area contributed by atoms with E-state index in [0.717, 1.165) is 5.56 Å². The van der Waals surface area contributed by atoms with Crippen LogP contribution in [-0.4, -0.2) is 17.5 Å². The number of aliphatic hydroxyl groups is 1. The van der Waals surface area contributed by atoms with Gasteiger partial charge < -0.3 is 5.11 Å². The molecule has 0 aromatic heterocycles. The number of Topliss-reactive ketones (excluding diaryl/α,β-unsaturated/α-hetero) is 1. The zero-order valence-corrected chi connectivity index (χ0v) is 12.9. The van der Waals surface area contributed by atoms with Gasteiger partial charge in [-0.3, -0.25) is 4.79 Å². The first-order valence-corrected chi connectivity index (χ1v) is 7.03. The second-order valence-corrected chi connectivity index (χ2v) is 2.62. The van der Waals surface area contributed by atoms with Gasteiger partial charge in [-0.05, 0) is 6.42 Å². The number of hydrogen-bond donors (Lipinski definition) is 1. The summed E-state index contributed by atoms with van der Waals surface area (Å²) >= 11 is 0. The van der Waals surface area contributed by atoms with Crippen molar-refractivity contribution in [1.82, 2.24) is 0 Å². The second-order valence-electron chi connectivity index (χ2n) is 2.62. The predicted molar refractivity (Wildman–Crippen MR) is 81.1 cm³/mol. The average molecular weight is 254 g/mol. The van der Waals surface area contributed by atoms with E-state index in [1.54, 1.807) is 12.1 Å². The van der Waals surface area contributed by atoms with Crippen LogP contribution >= 0.6 is 0 Å². The highest BCUT2D eigenvalue weighted by atomic mass is 16.3. The van der Waals surface area contributed by atoms with Crippen molar-refractivity contribution >= 4 is 5.78 Å². The minimum atomic E-state index is 0.0819. The molecule has 0 spiro atoms. The molecule has 2 nitrogen and oxygen atoms in total. The monoisotopic (exact) mass is 254 g/mol. The SMILES string of the molecule is CC.CC.CC.O=C(CCCO)c1ccccc1. The highest BCUT2D eigenvalue weighted by Gasteiger charge is 2.02. The van der Waals surface area contributed by atoms with Crippen LogP contribution in [0.4, 0.5) is 0 Å². The lowest BCUT2D eigenvalue weighted by atomic mass is 10.1. The first-order chi connectivity index (χ1) is 8.84. The maximum Gasteiger partial charge on any atom is 0.162 e. The van der Waals surface area contributed by atoms with Gasteiger partial charge in [0.1, 0.15) is 0 Å². The molecular weight excluding hydrogens is 224 g/mol. The maximum absolute atomic E-state index is 11.3. The smallest absolute Gasteiger partial charge is 0.162 e. The van der Waals surface area contributed by atoms with Gasteiger partial charge in [0.25, 0.3) is 0 Å². The molecule has 0 radical (unpaired) electrons. The summed E-state index contributed by atoms with van der Waals surface area (Å²) in [6.07, 6.45) is 0.980. The van der Waals surface area contributed by atoms with Gasteiger partial charge in [0.2, 0.25) is 0 Å². The molecule has 2 heteroatoms.